The number of ether oxygens (including phenoxy) is 1. The first kappa shape index (κ1) is 16.0. The third-order valence-corrected chi connectivity index (χ3v) is 4.93. The lowest BCUT2D eigenvalue weighted by molar-refractivity contribution is 0.0533. The minimum Gasteiger partial charge on any atom is -0.462 e. The van der Waals surface area contributed by atoms with Crippen LogP contribution in [-0.2, 0) is 11.2 Å². The first-order valence-corrected chi connectivity index (χ1v) is 8.14. The number of thiophene rings is 1. The van der Waals surface area contributed by atoms with Crippen LogP contribution in [0.15, 0.2) is 22.7 Å². The number of nitrogens with two attached hydrogens (primary N) is 1. The Balaban J connectivity index is 2.55. The molecule has 0 aliphatic heterocycles. The molecule has 0 aliphatic carbocycles. The number of anilines is 1. The van der Waals surface area contributed by atoms with Crippen molar-refractivity contribution in [1.29, 1.82) is 0 Å². The Morgan fingerprint density at radius 1 is 1.43 bits per heavy atom. The van der Waals surface area contributed by atoms with Crippen molar-refractivity contribution >= 4 is 38.9 Å². The zero-order valence-corrected chi connectivity index (χ0v) is 14.1. The van der Waals surface area contributed by atoms with E-state index < -0.39 is 5.97 Å². The van der Waals surface area contributed by atoms with Gasteiger partial charge in [-0.15, -0.1) is 11.3 Å². The molecule has 0 atom stereocenters. The van der Waals surface area contributed by atoms with Crippen molar-refractivity contribution in [3.05, 3.63) is 38.9 Å². The average Bonchev–Trinajstić information content (AvgIpc) is 2.79. The zero-order chi connectivity index (χ0) is 15.6. The maximum absolute atomic E-state index is 13.4. The van der Waals surface area contributed by atoms with E-state index in [1.165, 1.54) is 17.4 Å². The van der Waals surface area contributed by atoms with E-state index in [0.29, 0.717) is 28.1 Å². The summed E-state index contributed by atoms with van der Waals surface area (Å²) in [6.07, 6.45) is 0.687. The fourth-order valence-electron chi connectivity index (χ4n) is 2.05. The molecule has 0 amide bonds. The van der Waals surface area contributed by atoms with Crippen molar-refractivity contribution in [3.8, 4) is 10.4 Å². The monoisotopic (exact) mass is 371 g/mol. The molecule has 2 N–H and O–H groups in total. The lowest BCUT2D eigenvalue weighted by Gasteiger charge is -2.04. The van der Waals surface area contributed by atoms with Gasteiger partial charge in [-0.05, 0) is 52.5 Å². The van der Waals surface area contributed by atoms with Crippen LogP contribution in [-0.4, -0.2) is 12.6 Å². The van der Waals surface area contributed by atoms with Crippen molar-refractivity contribution in [2.24, 2.45) is 0 Å². The lowest BCUT2D eigenvalue weighted by atomic mass is 10.1. The second-order valence-electron chi connectivity index (χ2n) is 4.36. The normalized spacial score (nSPS) is 10.7. The minimum absolute atomic E-state index is 0.301. The van der Waals surface area contributed by atoms with E-state index in [1.54, 1.807) is 19.1 Å². The topological polar surface area (TPSA) is 52.3 Å². The summed E-state index contributed by atoms with van der Waals surface area (Å²) >= 11 is 4.46. The summed E-state index contributed by atoms with van der Waals surface area (Å²) in [6, 6.07) is 4.76. The van der Waals surface area contributed by atoms with Crippen molar-refractivity contribution in [2.75, 3.05) is 12.3 Å². The molecule has 0 unspecified atom stereocenters. The minimum atomic E-state index is -0.415. The highest BCUT2D eigenvalue weighted by molar-refractivity contribution is 9.10. The molecule has 1 aromatic heterocycles. The average molecular weight is 372 g/mol. The van der Waals surface area contributed by atoms with Gasteiger partial charge in [0.15, 0.2) is 0 Å². The van der Waals surface area contributed by atoms with Crippen LogP contribution in [0.1, 0.15) is 29.1 Å². The summed E-state index contributed by atoms with van der Waals surface area (Å²) in [5, 5.41) is 0. The highest BCUT2D eigenvalue weighted by Crippen LogP contribution is 2.40. The number of carbonyl (C=O) groups is 1. The van der Waals surface area contributed by atoms with Crippen molar-refractivity contribution in [2.45, 2.75) is 20.3 Å². The van der Waals surface area contributed by atoms with Crippen molar-refractivity contribution < 1.29 is 13.9 Å². The Morgan fingerprint density at radius 3 is 2.71 bits per heavy atom. The van der Waals surface area contributed by atoms with Crippen molar-refractivity contribution in [3.63, 3.8) is 0 Å². The van der Waals surface area contributed by atoms with Crippen LogP contribution in [0.4, 0.5) is 10.1 Å². The maximum atomic E-state index is 13.4. The van der Waals surface area contributed by atoms with E-state index in [0.717, 1.165) is 16.0 Å². The molecule has 0 fully saturated rings. The largest absolute Gasteiger partial charge is 0.462 e. The van der Waals surface area contributed by atoms with Crippen LogP contribution in [0.3, 0.4) is 0 Å². The van der Waals surface area contributed by atoms with Crippen LogP contribution in [0.5, 0.6) is 0 Å². The summed E-state index contributed by atoms with van der Waals surface area (Å²) in [4.78, 5) is 13.2. The number of carbonyl (C=O) groups excluding carboxylic acids is 1. The molecule has 3 nitrogen and oxygen atoms in total. The predicted molar refractivity (Wildman–Crippen MR) is 87.2 cm³/mol. The Kier molecular flexibility index (Phi) is 5.00. The van der Waals surface area contributed by atoms with Gasteiger partial charge in [-0.1, -0.05) is 13.0 Å². The number of hydrogen-bond donors (Lipinski definition) is 1. The van der Waals surface area contributed by atoms with E-state index >= 15 is 0 Å². The van der Waals surface area contributed by atoms with Crippen LogP contribution < -0.4 is 5.73 Å². The van der Waals surface area contributed by atoms with Gasteiger partial charge in [0.1, 0.15) is 10.7 Å². The maximum Gasteiger partial charge on any atom is 0.350 e. The second kappa shape index (κ2) is 6.58. The molecule has 0 bridgehead atoms. The molecule has 0 saturated heterocycles. The predicted octanol–water partition coefficient (Wildman–Crippen LogP) is 4.64. The molecule has 2 rings (SSSR count). The fraction of sp³-hybridized carbons (Fsp3) is 0.267. The molecule has 6 heteroatoms. The summed E-state index contributed by atoms with van der Waals surface area (Å²) in [6.45, 7) is 4.02. The Morgan fingerprint density at radius 2 is 2.14 bits per heavy atom. The smallest absolute Gasteiger partial charge is 0.350 e. The second-order valence-corrected chi connectivity index (χ2v) is 6.23. The summed E-state index contributed by atoms with van der Waals surface area (Å²) in [5.41, 5.74) is 8.25. The number of esters is 1. The molecule has 1 aromatic carbocycles. The van der Waals surface area contributed by atoms with Crippen LogP contribution in [0, 0.1) is 5.82 Å². The highest BCUT2D eigenvalue weighted by atomic mass is 79.9. The zero-order valence-electron chi connectivity index (χ0n) is 11.7. The molecule has 1 heterocycles. The summed E-state index contributed by atoms with van der Waals surface area (Å²) in [7, 11) is 0. The van der Waals surface area contributed by atoms with E-state index in [-0.39, 0.29) is 5.82 Å². The van der Waals surface area contributed by atoms with Crippen LogP contribution >= 0.6 is 27.3 Å². The van der Waals surface area contributed by atoms with E-state index in [4.69, 9.17) is 10.5 Å². The number of rotatable bonds is 4. The molecule has 0 aliphatic rings. The third kappa shape index (κ3) is 3.11. The Labute approximate surface area is 135 Å². The highest BCUT2D eigenvalue weighted by Gasteiger charge is 2.22. The number of benzene rings is 1. The molecule has 21 heavy (non-hydrogen) atoms. The third-order valence-electron chi connectivity index (χ3n) is 3.04. The fourth-order valence-corrected chi connectivity index (χ4v) is 3.63. The molecular weight excluding hydrogens is 357 g/mol. The first-order chi connectivity index (χ1) is 9.99. The first-order valence-electron chi connectivity index (χ1n) is 6.53. The van der Waals surface area contributed by atoms with Gasteiger partial charge in [0.25, 0.3) is 0 Å². The quantitative estimate of drug-likeness (QED) is 0.796. The van der Waals surface area contributed by atoms with Gasteiger partial charge >= 0.3 is 5.97 Å². The van der Waals surface area contributed by atoms with E-state index in [1.807, 2.05) is 6.92 Å². The van der Waals surface area contributed by atoms with Gasteiger partial charge in [-0.3, -0.25) is 0 Å². The van der Waals surface area contributed by atoms with Gasteiger partial charge in [0.2, 0.25) is 0 Å². The number of hydrogen-bond acceptors (Lipinski definition) is 4. The van der Waals surface area contributed by atoms with Crippen LogP contribution in [0.2, 0.25) is 0 Å². The molecule has 112 valence electrons. The SMILES string of the molecule is CCOC(=O)c1sc(-c2ccc(F)c(Br)c2)c(CC)c1N. The number of halogens is 2. The van der Waals surface area contributed by atoms with Gasteiger partial charge < -0.3 is 10.5 Å². The summed E-state index contributed by atoms with van der Waals surface area (Å²) < 4.78 is 18.8. The van der Waals surface area contributed by atoms with Crippen molar-refractivity contribution in [1.82, 2.24) is 0 Å². The lowest BCUT2D eigenvalue weighted by Crippen LogP contribution is -2.05. The van der Waals surface area contributed by atoms with Gasteiger partial charge in [0, 0.05) is 4.88 Å². The molecule has 0 saturated carbocycles. The van der Waals surface area contributed by atoms with Gasteiger partial charge in [0.05, 0.1) is 16.8 Å². The standard InChI is InChI=1S/C15H15BrFNO2S/c1-3-9-12(18)14(15(19)20-4-2)21-13(9)8-5-6-11(17)10(16)7-8/h5-7H,3-4,18H2,1-2H3. The van der Waals surface area contributed by atoms with Gasteiger partial charge in [-0.25, -0.2) is 9.18 Å². The molecule has 2 aromatic rings. The molecule has 0 spiro atoms. The van der Waals surface area contributed by atoms with E-state index in [9.17, 15) is 9.18 Å². The Bertz CT molecular complexity index is 685. The molecule has 0 radical (unpaired) electrons. The number of nitrogen functional groups attached to an aromatic ring is 1. The molecular formula is C15H15BrFNO2S. The Hall–Kier alpha value is -1.40. The van der Waals surface area contributed by atoms with Gasteiger partial charge in [-0.2, -0.15) is 0 Å². The summed E-state index contributed by atoms with van der Waals surface area (Å²) in [5.74, 6) is -0.742. The van der Waals surface area contributed by atoms with Crippen LogP contribution in [0.25, 0.3) is 10.4 Å². The van der Waals surface area contributed by atoms with E-state index in [2.05, 4.69) is 15.9 Å².